The van der Waals surface area contributed by atoms with E-state index in [0.717, 1.165) is 28.6 Å². The highest BCUT2D eigenvalue weighted by molar-refractivity contribution is 5.84. The predicted octanol–water partition coefficient (Wildman–Crippen LogP) is 4.15. The van der Waals surface area contributed by atoms with Gasteiger partial charge in [-0.2, -0.15) is 0 Å². The molecule has 0 fully saturated rings. The van der Waals surface area contributed by atoms with Gasteiger partial charge in [-0.3, -0.25) is 4.98 Å². The molecular formula is C18H17FN2. The number of hydrogen-bond donors (Lipinski definition) is 1. The van der Waals surface area contributed by atoms with E-state index in [2.05, 4.69) is 10.3 Å². The molecule has 2 aromatic carbocycles. The molecule has 0 aliphatic carbocycles. The highest BCUT2D eigenvalue weighted by Crippen LogP contribution is 2.26. The number of halogens is 1. The van der Waals surface area contributed by atoms with Crippen molar-refractivity contribution in [2.45, 2.75) is 13.5 Å². The second-order valence-corrected chi connectivity index (χ2v) is 5.01. The van der Waals surface area contributed by atoms with E-state index in [4.69, 9.17) is 0 Å². The number of nitrogens with zero attached hydrogens (tertiary/aromatic N) is 1. The van der Waals surface area contributed by atoms with Crippen molar-refractivity contribution in [3.63, 3.8) is 0 Å². The SMILES string of the molecule is CCNCc1ccc(-c2ccc3ncccc3c2)c(F)c1. The van der Waals surface area contributed by atoms with Crippen molar-refractivity contribution >= 4 is 10.9 Å². The summed E-state index contributed by atoms with van der Waals surface area (Å²) in [5, 5.41) is 4.22. The fourth-order valence-corrected chi connectivity index (χ4v) is 2.42. The van der Waals surface area contributed by atoms with Crippen LogP contribution in [-0.2, 0) is 6.54 Å². The van der Waals surface area contributed by atoms with Gasteiger partial charge >= 0.3 is 0 Å². The van der Waals surface area contributed by atoms with E-state index in [1.165, 1.54) is 0 Å². The number of pyridine rings is 1. The zero-order valence-corrected chi connectivity index (χ0v) is 11.9. The van der Waals surface area contributed by atoms with E-state index >= 15 is 0 Å². The van der Waals surface area contributed by atoms with Crippen molar-refractivity contribution in [3.8, 4) is 11.1 Å². The fraction of sp³-hybridized carbons (Fsp3) is 0.167. The molecule has 1 heterocycles. The minimum atomic E-state index is -0.186. The van der Waals surface area contributed by atoms with Crippen LogP contribution in [0.5, 0.6) is 0 Å². The van der Waals surface area contributed by atoms with E-state index in [1.807, 2.05) is 49.4 Å². The molecule has 0 bridgehead atoms. The van der Waals surface area contributed by atoms with Crippen LogP contribution in [0, 0.1) is 5.82 Å². The standard InChI is InChI=1S/C18H17FN2/c1-2-20-12-13-5-7-16(17(19)10-13)14-6-8-18-15(11-14)4-3-9-21-18/h3-11,20H,2,12H2,1H3. The van der Waals surface area contributed by atoms with Crippen LogP contribution in [-0.4, -0.2) is 11.5 Å². The van der Waals surface area contributed by atoms with Gasteiger partial charge in [-0.05, 0) is 41.9 Å². The molecule has 0 amide bonds. The van der Waals surface area contributed by atoms with Crippen molar-refractivity contribution in [1.82, 2.24) is 10.3 Å². The first-order valence-corrected chi connectivity index (χ1v) is 7.12. The molecular weight excluding hydrogens is 263 g/mol. The molecule has 0 atom stereocenters. The molecule has 21 heavy (non-hydrogen) atoms. The van der Waals surface area contributed by atoms with Crippen molar-refractivity contribution in [1.29, 1.82) is 0 Å². The zero-order chi connectivity index (χ0) is 14.7. The highest BCUT2D eigenvalue weighted by atomic mass is 19.1. The Bertz CT molecular complexity index is 768. The summed E-state index contributed by atoms with van der Waals surface area (Å²) < 4.78 is 14.3. The molecule has 3 heteroatoms. The van der Waals surface area contributed by atoms with Crippen molar-refractivity contribution in [3.05, 3.63) is 66.1 Å². The van der Waals surface area contributed by atoms with Crippen LogP contribution in [0.2, 0.25) is 0 Å². The maximum absolute atomic E-state index is 14.3. The van der Waals surface area contributed by atoms with E-state index in [9.17, 15) is 4.39 Å². The Balaban J connectivity index is 1.98. The zero-order valence-electron chi connectivity index (χ0n) is 11.9. The van der Waals surface area contributed by atoms with Gasteiger partial charge in [-0.1, -0.05) is 31.2 Å². The fourth-order valence-electron chi connectivity index (χ4n) is 2.42. The lowest BCUT2D eigenvalue weighted by Crippen LogP contribution is -2.11. The molecule has 1 aromatic heterocycles. The Morgan fingerprint density at radius 3 is 2.81 bits per heavy atom. The van der Waals surface area contributed by atoms with Crippen LogP contribution in [0.15, 0.2) is 54.7 Å². The van der Waals surface area contributed by atoms with E-state index < -0.39 is 0 Å². The molecule has 1 N–H and O–H groups in total. The van der Waals surface area contributed by atoms with Crippen LogP contribution in [0.25, 0.3) is 22.0 Å². The Morgan fingerprint density at radius 2 is 2.00 bits per heavy atom. The summed E-state index contributed by atoms with van der Waals surface area (Å²) in [5.41, 5.74) is 3.38. The summed E-state index contributed by atoms with van der Waals surface area (Å²) in [6, 6.07) is 15.1. The number of rotatable bonds is 4. The predicted molar refractivity (Wildman–Crippen MR) is 84.5 cm³/mol. The van der Waals surface area contributed by atoms with Gasteiger partial charge in [0.2, 0.25) is 0 Å². The van der Waals surface area contributed by atoms with Gasteiger partial charge in [0.15, 0.2) is 0 Å². The van der Waals surface area contributed by atoms with Gasteiger partial charge in [0.05, 0.1) is 5.52 Å². The molecule has 0 saturated carbocycles. The molecule has 0 aliphatic heterocycles. The summed E-state index contributed by atoms with van der Waals surface area (Å²) in [6.07, 6.45) is 1.76. The quantitative estimate of drug-likeness (QED) is 0.776. The molecule has 0 saturated heterocycles. The van der Waals surface area contributed by atoms with Crippen LogP contribution >= 0.6 is 0 Å². The number of benzene rings is 2. The topological polar surface area (TPSA) is 24.9 Å². The summed E-state index contributed by atoms with van der Waals surface area (Å²) in [6.45, 7) is 3.60. The highest BCUT2D eigenvalue weighted by Gasteiger charge is 2.07. The first-order chi connectivity index (χ1) is 10.3. The minimum Gasteiger partial charge on any atom is -0.313 e. The minimum absolute atomic E-state index is 0.186. The van der Waals surface area contributed by atoms with Crippen LogP contribution in [0.4, 0.5) is 4.39 Å². The maximum atomic E-state index is 14.3. The number of hydrogen-bond acceptors (Lipinski definition) is 2. The second-order valence-electron chi connectivity index (χ2n) is 5.01. The Morgan fingerprint density at radius 1 is 1.10 bits per heavy atom. The third kappa shape index (κ3) is 2.93. The van der Waals surface area contributed by atoms with Gasteiger partial charge in [-0.15, -0.1) is 0 Å². The van der Waals surface area contributed by atoms with Crippen LogP contribution in [0.1, 0.15) is 12.5 Å². The lowest BCUT2D eigenvalue weighted by Gasteiger charge is -2.08. The molecule has 3 aromatic rings. The Hall–Kier alpha value is -2.26. The lowest BCUT2D eigenvalue weighted by atomic mass is 10.0. The first-order valence-electron chi connectivity index (χ1n) is 7.12. The van der Waals surface area contributed by atoms with Crippen molar-refractivity contribution < 1.29 is 4.39 Å². The maximum Gasteiger partial charge on any atom is 0.131 e. The van der Waals surface area contributed by atoms with Gasteiger partial charge < -0.3 is 5.32 Å². The van der Waals surface area contributed by atoms with Gasteiger partial charge in [0.1, 0.15) is 5.82 Å². The molecule has 106 valence electrons. The normalized spacial score (nSPS) is 11.0. The number of nitrogens with one attached hydrogen (secondary N) is 1. The summed E-state index contributed by atoms with van der Waals surface area (Å²) >= 11 is 0. The largest absolute Gasteiger partial charge is 0.313 e. The second kappa shape index (κ2) is 6.02. The van der Waals surface area contributed by atoms with Crippen LogP contribution in [0.3, 0.4) is 0 Å². The van der Waals surface area contributed by atoms with E-state index in [-0.39, 0.29) is 5.82 Å². The third-order valence-electron chi connectivity index (χ3n) is 3.53. The van der Waals surface area contributed by atoms with E-state index in [1.54, 1.807) is 12.3 Å². The summed E-state index contributed by atoms with van der Waals surface area (Å²) in [4.78, 5) is 4.28. The molecule has 0 radical (unpaired) electrons. The Labute approximate surface area is 123 Å². The monoisotopic (exact) mass is 280 g/mol. The van der Waals surface area contributed by atoms with E-state index in [0.29, 0.717) is 12.1 Å². The average Bonchev–Trinajstić information content (AvgIpc) is 2.52. The Kier molecular flexibility index (Phi) is 3.93. The summed E-state index contributed by atoms with van der Waals surface area (Å²) in [7, 11) is 0. The molecule has 0 spiro atoms. The summed E-state index contributed by atoms with van der Waals surface area (Å²) in [5.74, 6) is -0.186. The number of fused-ring (bicyclic) bond motifs is 1. The average molecular weight is 280 g/mol. The molecule has 0 unspecified atom stereocenters. The first kappa shape index (κ1) is 13.7. The third-order valence-corrected chi connectivity index (χ3v) is 3.53. The van der Waals surface area contributed by atoms with Crippen molar-refractivity contribution in [2.75, 3.05) is 6.54 Å². The molecule has 0 aliphatic rings. The van der Waals surface area contributed by atoms with Gasteiger partial charge in [-0.25, -0.2) is 4.39 Å². The lowest BCUT2D eigenvalue weighted by molar-refractivity contribution is 0.625. The van der Waals surface area contributed by atoms with Gasteiger partial charge in [0.25, 0.3) is 0 Å². The van der Waals surface area contributed by atoms with Crippen LogP contribution < -0.4 is 5.32 Å². The van der Waals surface area contributed by atoms with Crippen molar-refractivity contribution in [2.24, 2.45) is 0 Å². The molecule has 2 nitrogen and oxygen atoms in total. The van der Waals surface area contributed by atoms with Gasteiger partial charge in [0, 0.05) is 23.7 Å². The number of aromatic nitrogens is 1. The molecule has 3 rings (SSSR count). The smallest absolute Gasteiger partial charge is 0.131 e.